The molecule has 76 valence electrons. The average Bonchev–Trinajstić information content (AvgIpc) is 2.10. The van der Waals surface area contributed by atoms with Crippen molar-refractivity contribution < 1.29 is 0 Å². The predicted octanol–water partition coefficient (Wildman–Crippen LogP) is 1.37. The highest BCUT2D eigenvalue weighted by Gasteiger charge is 2.04. The van der Waals surface area contributed by atoms with E-state index in [-0.39, 0.29) is 0 Å². The minimum absolute atomic E-state index is 0.458. The average molecular weight is 183 g/mol. The van der Waals surface area contributed by atoms with Gasteiger partial charge in [-0.1, -0.05) is 20.1 Å². The monoisotopic (exact) mass is 183 g/mol. The third kappa shape index (κ3) is 6.22. The molecule has 0 aliphatic rings. The zero-order valence-corrected chi connectivity index (χ0v) is 8.91. The number of hydrogen-bond donors (Lipinski definition) is 3. The van der Waals surface area contributed by atoms with Gasteiger partial charge in [0.05, 0.1) is 0 Å². The maximum absolute atomic E-state index is 3.94. The van der Waals surface area contributed by atoms with E-state index in [9.17, 15) is 0 Å². The Kier molecular flexibility index (Phi) is 6.06. The molecule has 0 aliphatic carbocycles. The Balaban J connectivity index is 3.63. The molecular weight excluding hydrogens is 162 g/mol. The Bertz CT molecular complexity index is 175. The number of hydrogen-bond acceptors (Lipinski definition) is 3. The maximum Gasteiger partial charge on any atom is 0.0270 e. The van der Waals surface area contributed by atoms with E-state index in [0.29, 0.717) is 5.92 Å². The van der Waals surface area contributed by atoms with E-state index < -0.39 is 0 Å². The van der Waals surface area contributed by atoms with Crippen molar-refractivity contribution in [3.05, 3.63) is 24.6 Å². The molecule has 0 rings (SSSR count). The third-order valence-corrected chi connectivity index (χ3v) is 1.86. The quantitative estimate of drug-likeness (QED) is 0.522. The van der Waals surface area contributed by atoms with Crippen LogP contribution in [0.2, 0.25) is 0 Å². The fourth-order valence-electron chi connectivity index (χ4n) is 0.845. The highest BCUT2D eigenvalue weighted by atomic mass is 15.4. The van der Waals surface area contributed by atoms with Crippen LogP contribution in [0.25, 0.3) is 0 Å². The van der Waals surface area contributed by atoms with Crippen molar-refractivity contribution in [2.24, 2.45) is 5.92 Å². The number of nitrogens with one attached hydrogen (secondary N) is 3. The van der Waals surface area contributed by atoms with Gasteiger partial charge in [-0.25, -0.2) is 0 Å². The molecule has 0 heterocycles. The largest absolute Gasteiger partial charge is 0.320 e. The number of allylic oxidation sites excluding steroid dienone is 2. The lowest BCUT2D eigenvalue weighted by molar-refractivity contribution is 0.523. The normalized spacial score (nSPS) is 11.9. The summed E-state index contributed by atoms with van der Waals surface area (Å²) in [5.74, 6) is 0.458. The van der Waals surface area contributed by atoms with E-state index in [0.717, 1.165) is 24.4 Å². The smallest absolute Gasteiger partial charge is 0.0270 e. The van der Waals surface area contributed by atoms with E-state index in [1.807, 2.05) is 14.0 Å². The van der Waals surface area contributed by atoms with Gasteiger partial charge in [0.15, 0.2) is 0 Å². The molecule has 0 aliphatic heterocycles. The minimum Gasteiger partial charge on any atom is -0.320 e. The van der Waals surface area contributed by atoms with Gasteiger partial charge >= 0.3 is 0 Å². The van der Waals surface area contributed by atoms with Crippen molar-refractivity contribution in [2.45, 2.75) is 20.3 Å². The van der Waals surface area contributed by atoms with Crippen molar-refractivity contribution in [1.29, 1.82) is 0 Å². The summed E-state index contributed by atoms with van der Waals surface area (Å²) in [4.78, 5) is 0. The van der Waals surface area contributed by atoms with E-state index in [1.54, 1.807) is 0 Å². The molecule has 0 spiro atoms. The van der Waals surface area contributed by atoms with Crippen LogP contribution >= 0.6 is 0 Å². The Labute approximate surface area is 81.3 Å². The molecule has 1 unspecified atom stereocenters. The summed E-state index contributed by atoms with van der Waals surface area (Å²) in [5.41, 5.74) is 7.85. The lowest BCUT2D eigenvalue weighted by Gasteiger charge is -2.17. The molecule has 0 amide bonds. The van der Waals surface area contributed by atoms with Gasteiger partial charge in [0, 0.05) is 11.4 Å². The highest BCUT2D eigenvalue weighted by molar-refractivity contribution is 4.97. The van der Waals surface area contributed by atoms with Crippen molar-refractivity contribution in [3.8, 4) is 0 Å². The van der Waals surface area contributed by atoms with E-state index in [1.165, 1.54) is 0 Å². The molecule has 1 atom stereocenters. The van der Waals surface area contributed by atoms with Gasteiger partial charge in [-0.15, -0.1) is 0 Å². The minimum atomic E-state index is 0.458. The van der Waals surface area contributed by atoms with Gasteiger partial charge in [-0.3, -0.25) is 0 Å². The lowest BCUT2D eigenvalue weighted by Crippen LogP contribution is -2.31. The molecule has 3 heteroatoms. The third-order valence-electron chi connectivity index (χ3n) is 1.86. The molecule has 0 bridgehead atoms. The van der Waals surface area contributed by atoms with E-state index >= 15 is 0 Å². The van der Waals surface area contributed by atoms with Crippen LogP contribution in [0.1, 0.15) is 20.3 Å². The fraction of sp³-hybridized carbons (Fsp3) is 0.600. The number of hydrazine groups is 1. The molecule has 0 saturated heterocycles. The van der Waals surface area contributed by atoms with Gasteiger partial charge in [0.25, 0.3) is 0 Å². The highest BCUT2D eigenvalue weighted by Crippen LogP contribution is 2.07. The van der Waals surface area contributed by atoms with Crippen molar-refractivity contribution in [3.63, 3.8) is 0 Å². The summed E-state index contributed by atoms with van der Waals surface area (Å²) in [6, 6.07) is 0. The molecule has 13 heavy (non-hydrogen) atoms. The second-order valence-corrected chi connectivity index (χ2v) is 3.35. The molecule has 3 nitrogen and oxygen atoms in total. The standard InChI is InChI=1S/C10H21N3/c1-8(2)12-13-10(4)9(3)6-7-11-5/h9,11-13H,1,4,6-7H2,2-3,5H3. The van der Waals surface area contributed by atoms with Crippen LogP contribution in [0.5, 0.6) is 0 Å². The molecule has 3 N–H and O–H groups in total. The Morgan fingerprint density at radius 3 is 2.38 bits per heavy atom. The molecule has 0 saturated carbocycles. The fourth-order valence-corrected chi connectivity index (χ4v) is 0.845. The van der Waals surface area contributed by atoms with E-state index in [4.69, 9.17) is 0 Å². The van der Waals surface area contributed by atoms with Gasteiger partial charge in [-0.05, 0) is 32.9 Å². The van der Waals surface area contributed by atoms with Crippen LogP contribution in [-0.4, -0.2) is 13.6 Å². The van der Waals surface area contributed by atoms with E-state index in [2.05, 4.69) is 36.2 Å². The summed E-state index contributed by atoms with van der Waals surface area (Å²) in [6.07, 6.45) is 1.08. The van der Waals surface area contributed by atoms with Crippen molar-refractivity contribution >= 4 is 0 Å². The van der Waals surface area contributed by atoms with Gasteiger partial charge in [-0.2, -0.15) is 0 Å². The maximum atomic E-state index is 3.94. The summed E-state index contributed by atoms with van der Waals surface area (Å²) >= 11 is 0. The van der Waals surface area contributed by atoms with Crippen LogP contribution < -0.4 is 16.2 Å². The topological polar surface area (TPSA) is 36.1 Å². The number of rotatable bonds is 7. The van der Waals surface area contributed by atoms with Gasteiger partial charge < -0.3 is 16.2 Å². The first-order valence-corrected chi connectivity index (χ1v) is 4.58. The van der Waals surface area contributed by atoms with Crippen LogP contribution in [0, 0.1) is 5.92 Å². The first kappa shape index (κ1) is 12.0. The second-order valence-electron chi connectivity index (χ2n) is 3.35. The molecule has 0 aromatic heterocycles. The van der Waals surface area contributed by atoms with Crippen LogP contribution in [-0.2, 0) is 0 Å². The van der Waals surface area contributed by atoms with Gasteiger partial charge in [0.1, 0.15) is 0 Å². The molecular formula is C10H21N3. The van der Waals surface area contributed by atoms with Crippen LogP contribution in [0.3, 0.4) is 0 Å². The molecule has 0 radical (unpaired) electrons. The van der Waals surface area contributed by atoms with Crippen molar-refractivity contribution in [1.82, 2.24) is 16.2 Å². The zero-order valence-electron chi connectivity index (χ0n) is 8.91. The molecule has 0 aromatic rings. The molecule has 0 fully saturated rings. The zero-order chi connectivity index (χ0) is 10.3. The summed E-state index contributed by atoms with van der Waals surface area (Å²) < 4.78 is 0. The first-order chi connectivity index (χ1) is 6.07. The summed E-state index contributed by atoms with van der Waals surface area (Å²) in [6.45, 7) is 12.7. The van der Waals surface area contributed by atoms with Crippen molar-refractivity contribution in [2.75, 3.05) is 13.6 Å². The SMILES string of the molecule is C=C(C)NNC(=C)C(C)CCNC. The predicted molar refractivity (Wildman–Crippen MR) is 57.9 cm³/mol. The lowest BCUT2D eigenvalue weighted by atomic mass is 10.1. The van der Waals surface area contributed by atoms with Crippen LogP contribution in [0.4, 0.5) is 0 Å². The van der Waals surface area contributed by atoms with Crippen LogP contribution in [0.15, 0.2) is 24.6 Å². The summed E-state index contributed by atoms with van der Waals surface area (Å²) in [7, 11) is 1.95. The molecule has 0 aromatic carbocycles. The Morgan fingerprint density at radius 1 is 1.31 bits per heavy atom. The Morgan fingerprint density at radius 2 is 1.92 bits per heavy atom. The first-order valence-electron chi connectivity index (χ1n) is 4.58. The van der Waals surface area contributed by atoms with Gasteiger partial charge in [0.2, 0.25) is 0 Å². The second kappa shape index (κ2) is 6.54. The summed E-state index contributed by atoms with van der Waals surface area (Å²) in [5, 5.41) is 3.11. The Hall–Kier alpha value is -0.960.